The molecule has 0 amide bonds. The Hall–Kier alpha value is -0.980. The van der Waals surface area contributed by atoms with E-state index in [1.54, 1.807) is 0 Å². The Morgan fingerprint density at radius 3 is 2.71 bits per heavy atom. The normalized spacial score (nSPS) is 25.7. The van der Waals surface area contributed by atoms with Gasteiger partial charge in [0.05, 0.1) is 6.61 Å². The largest absolute Gasteiger partial charge is 0.493 e. The van der Waals surface area contributed by atoms with E-state index >= 15 is 0 Å². The number of ether oxygens (including phenoxy) is 1. The van der Waals surface area contributed by atoms with Crippen molar-refractivity contribution in [1.82, 2.24) is 0 Å². The van der Waals surface area contributed by atoms with Crippen LogP contribution in [0.1, 0.15) is 26.3 Å². The van der Waals surface area contributed by atoms with Gasteiger partial charge in [-0.05, 0) is 24.0 Å². The topological polar surface area (TPSA) is 9.23 Å². The highest BCUT2D eigenvalue weighted by Gasteiger charge is 2.33. The van der Waals surface area contributed by atoms with Crippen LogP contribution in [-0.4, -0.2) is 6.61 Å². The number of fused-ring (bicyclic) bond motifs is 1. The van der Waals surface area contributed by atoms with E-state index in [0.29, 0.717) is 11.3 Å². The van der Waals surface area contributed by atoms with Gasteiger partial charge in [0.2, 0.25) is 0 Å². The first kappa shape index (κ1) is 9.57. The maximum atomic E-state index is 5.80. The van der Waals surface area contributed by atoms with Crippen molar-refractivity contribution in [1.29, 1.82) is 0 Å². The first-order valence-electron chi connectivity index (χ1n) is 5.32. The number of hydrogen-bond donors (Lipinski definition) is 0. The van der Waals surface area contributed by atoms with Gasteiger partial charge in [-0.1, -0.05) is 39.0 Å². The molecule has 1 aromatic carbocycles. The molecule has 0 radical (unpaired) electrons. The average Bonchev–Trinajstić information content (AvgIpc) is 2.17. The van der Waals surface area contributed by atoms with Crippen LogP contribution in [-0.2, 0) is 6.42 Å². The molecule has 0 aromatic heterocycles. The zero-order valence-corrected chi connectivity index (χ0v) is 9.21. The molecule has 0 spiro atoms. The lowest BCUT2D eigenvalue weighted by Crippen LogP contribution is -2.36. The molecular formula is C13H18O. The van der Waals surface area contributed by atoms with Gasteiger partial charge in [-0.3, -0.25) is 0 Å². The standard InChI is InChI=1S/C13H18O/c1-10(2)13(3)8-11-6-4-5-7-12(11)14-9-13/h4-7,10H,8-9H2,1-3H3. The summed E-state index contributed by atoms with van der Waals surface area (Å²) in [5, 5.41) is 0. The van der Waals surface area contributed by atoms with Gasteiger partial charge >= 0.3 is 0 Å². The van der Waals surface area contributed by atoms with Crippen LogP contribution < -0.4 is 4.74 Å². The second kappa shape index (κ2) is 3.30. The molecule has 1 nitrogen and oxygen atoms in total. The van der Waals surface area contributed by atoms with E-state index in [2.05, 4.69) is 39.0 Å². The van der Waals surface area contributed by atoms with Crippen molar-refractivity contribution < 1.29 is 4.74 Å². The molecule has 1 heterocycles. The predicted molar refractivity (Wildman–Crippen MR) is 58.6 cm³/mol. The molecule has 76 valence electrons. The van der Waals surface area contributed by atoms with E-state index in [-0.39, 0.29) is 0 Å². The number of para-hydroxylation sites is 1. The molecule has 1 aliphatic heterocycles. The van der Waals surface area contributed by atoms with E-state index < -0.39 is 0 Å². The van der Waals surface area contributed by atoms with E-state index in [0.717, 1.165) is 18.8 Å². The molecule has 1 atom stereocenters. The Balaban J connectivity index is 2.29. The molecule has 2 rings (SSSR count). The minimum Gasteiger partial charge on any atom is -0.493 e. The summed E-state index contributed by atoms with van der Waals surface area (Å²) in [5.41, 5.74) is 1.66. The monoisotopic (exact) mass is 190 g/mol. The zero-order chi connectivity index (χ0) is 10.2. The highest BCUT2D eigenvalue weighted by molar-refractivity contribution is 5.36. The minimum absolute atomic E-state index is 0.300. The third-order valence-corrected chi connectivity index (χ3v) is 3.52. The smallest absolute Gasteiger partial charge is 0.122 e. The summed E-state index contributed by atoms with van der Waals surface area (Å²) in [6.45, 7) is 7.71. The van der Waals surface area contributed by atoms with Crippen molar-refractivity contribution in [2.45, 2.75) is 27.2 Å². The second-order valence-electron chi connectivity index (χ2n) is 4.88. The predicted octanol–water partition coefficient (Wildman–Crippen LogP) is 3.28. The number of benzene rings is 1. The quantitative estimate of drug-likeness (QED) is 0.660. The highest BCUT2D eigenvalue weighted by Crippen LogP contribution is 2.38. The van der Waals surface area contributed by atoms with Crippen molar-refractivity contribution >= 4 is 0 Å². The van der Waals surface area contributed by atoms with Gasteiger partial charge < -0.3 is 4.74 Å². The number of hydrogen-bond acceptors (Lipinski definition) is 1. The third kappa shape index (κ3) is 1.52. The molecule has 1 aromatic rings. The number of rotatable bonds is 1. The summed E-state index contributed by atoms with van der Waals surface area (Å²) in [7, 11) is 0. The van der Waals surface area contributed by atoms with Crippen molar-refractivity contribution in [3.63, 3.8) is 0 Å². The molecule has 0 saturated heterocycles. The molecule has 1 unspecified atom stereocenters. The lowest BCUT2D eigenvalue weighted by atomic mass is 9.74. The van der Waals surface area contributed by atoms with Crippen LogP contribution in [0.4, 0.5) is 0 Å². The maximum Gasteiger partial charge on any atom is 0.122 e. The van der Waals surface area contributed by atoms with Crippen molar-refractivity contribution in [3.8, 4) is 5.75 Å². The van der Waals surface area contributed by atoms with E-state index in [4.69, 9.17) is 4.74 Å². The van der Waals surface area contributed by atoms with Crippen LogP contribution in [0.5, 0.6) is 5.75 Å². The SMILES string of the molecule is CC(C)C1(C)COc2ccccc2C1. The third-order valence-electron chi connectivity index (χ3n) is 3.52. The van der Waals surface area contributed by atoms with Crippen LogP contribution >= 0.6 is 0 Å². The Kier molecular flexibility index (Phi) is 2.26. The fraction of sp³-hybridized carbons (Fsp3) is 0.538. The van der Waals surface area contributed by atoms with Crippen LogP contribution in [0.15, 0.2) is 24.3 Å². The van der Waals surface area contributed by atoms with Gasteiger partial charge in [-0.2, -0.15) is 0 Å². The minimum atomic E-state index is 0.300. The highest BCUT2D eigenvalue weighted by atomic mass is 16.5. The van der Waals surface area contributed by atoms with Gasteiger partial charge in [0.1, 0.15) is 5.75 Å². The average molecular weight is 190 g/mol. The van der Waals surface area contributed by atoms with Gasteiger partial charge in [0, 0.05) is 5.41 Å². The molecule has 0 bridgehead atoms. The second-order valence-corrected chi connectivity index (χ2v) is 4.88. The van der Waals surface area contributed by atoms with Crippen molar-refractivity contribution in [3.05, 3.63) is 29.8 Å². The van der Waals surface area contributed by atoms with Crippen LogP contribution in [0.3, 0.4) is 0 Å². The van der Waals surface area contributed by atoms with E-state index in [1.807, 2.05) is 6.07 Å². The van der Waals surface area contributed by atoms with Gasteiger partial charge in [-0.25, -0.2) is 0 Å². The Morgan fingerprint density at radius 1 is 1.29 bits per heavy atom. The summed E-state index contributed by atoms with van der Waals surface area (Å²) in [6, 6.07) is 8.37. The van der Waals surface area contributed by atoms with Crippen molar-refractivity contribution in [2.75, 3.05) is 6.61 Å². The Labute approximate surface area is 86.1 Å². The van der Waals surface area contributed by atoms with E-state index in [9.17, 15) is 0 Å². The molecule has 1 heteroatoms. The van der Waals surface area contributed by atoms with Crippen molar-refractivity contribution in [2.24, 2.45) is 11.3 Å². The lowest BCUT2D eigenvalue weighted by molar-refractivity contribution is 0.0903. The molecule has 1 aliphatic rings. The van der Waals surface area contributed by atoms with Gasteiger partial charge in [0.15, 0.2) is 0 Å². The first-order valence-corrected chi connectivity index (χ1v) is 5.32. The molecule has 0 saturated carbocycles. The summed E-state index contributed by atoms with van der Waals surface area (Å²) in [5.74, 6) is 1.74. The molecule has 0 fully saturated rings. The first-order chi connectivity index (χ1) is 6.62. The summed E-state index contributed by atoms with van der Waals surface area (Å²) >= 11 is 0. The molecule has 14 heavy (non-hydrogen) atoms. The van der Waals surface area contributed by atoms with Crippen LogP contribution in [0.2, 0.25) is 0 Å². The Bertz CT molecular complexity index is 330. The van der Waals surface area contributed by atoms with Crippen LogP contribution in [0, 0.1) is 11.3 Å². The molecular weight excluding hydrogens is 172 g/mol. The summed E-state index contributed by atoms with van der Waals surface area (Å²) in [6.07, 6.45) is 1.14. The molecule has 0 N–H and O–H groups in total. The van der Waals surface area contributed by atoms with Crippen LogP contribution in [0.25, 0.3) is 0 Å². The Morgan fingerprint density at radius 2 is 2.00 bits per heavy atom. The summed E-state index contributed by atoms with van der Waals surface area (Å²) in [4.78, 5) is 0. The maximum absolute atomic E-state index is 5.80. The fourth-order valence-electron chi connectivity index (χ4n) is 1.89. The van der Waals surface area contributed by atoms with Gasteiger partial charge in [-0.15, -0.1) is 0 Å². The van der Waals surface area contributed by atoms with Gasteiger partial charge in [0.25, 0.3) is 0 Å². The zero-order valence-electron chi connectivity index (χ0n) is 9.21. The molecule has 0 aliphatic carbocycles. The lowest BCUT2D eigenvalue weighted by Gasteiger charge is -2.38. The van der Waals surface area contributed by atoms with E-state index in [1.165, 1.54) is 5.56 Å². The summed E-state index contributed by atoms with van der Waals surface area (Å²) < 4.78 is 5.80. The fourth-order valence-corrected chi connectivity index (χ4v) is 1.89.